The highest BCUT2D eigenvalue weighted by Crippen LogP contribution is 2.55. The summed E-state index contributed by atoms with van der Waals surface area (Å²) in [4.78, 5) is 8.75. The summed E-state index contributed by atoms with van der Waals surface area (Å²) in [5, 5.41) is 0.431. The Morgan fingerprint density at radius 3 is 2.89 bits per heavy atom. The lowest BCUT2D eigenvalue weighted by Crippen LogP contribution is -2.59. The van der Waals surface area contributed by atoms with Gasteiger partial charge in [0.1, 0.15) is 29.3 Å². The quantitative estimate of drug-likeness (QED) is 0.790. The number of hydrogen-bond acceptors (Lipinski definition) is 6. The zero-order valence-corrected chi connectivity index (χ0v) is 16.0. The van der Waals surface area contributed by atoms with Gasteiger partial charge in [0.05, 0.1) is 24.2 Å². The number of amidine groups is 1. The number of ether oxygens (including phenoxy) is 3. The molecule has 3 aliphatic rings. The third-order valence-electron chi connectivity index (χ3n) is 5.99. The van der Waals surface area contributed by atoms with Gasteiger partial charge in [0.2, 0.25) is 0 Å². The minimum atomic E-state index is -0.790. The molecule has 3 aliphatic heterocycles. The smallest absolute Gasteiger partial charge is 0.283 e. The second-order valence-corrected chi connectivity index (χ2v) is 8.11. The molecular formula is C20H19ClFN3O3. The normalized spacial score (nSPS) is 30.8. The van der Waals surface area contributed by atoms with Gasteiger partial charge in [-0.1, -0.05) is 11.6 Å². The van der Waals surface area contributed by atoms with Gasteiger partial charge in [-0.3, -0.25) is 4.98 Å². The van der Waals surface area contributed by atoms with Crippen LogP contribution in [0.5, 0.6) is 5.75 Å². The molecule has 3 atom stereocenters. The van der Waals surface area contributed by atoms with Crippen LogP contribution in [0.4, 0.5) is 4.39 Å². The Labute approximate surface area is 166 Å². The number of rotatable bonds is 1. The predicted octanol–water partition coefficient (Wildman–Crippen LogP) is 3.27. The fourth-order valence-electron chi connectivity index (χ4n) is 4.55. The first-order valence-electron chi connectivity index (χ1n) is 9.11. The van der Waals surface area contributed by atoms with Gasteiger partial charge in [0, 0.05) is 41.6 Å². The average Bonchev–Trinajstić information content (AvgIpc) is 3.03. The van der Waals surface area contributed by atoms with E-state index in [9.17, 15) is 0 Å². The van der Waals surface area contributed by atoms with Gasteiger partial charge in [0.25, 0.3) is 6.02 Å². The molecule has 146 valence electrons. The predicted molar refractivity (Wildman–Crippen MR) is 102 cm³/mol. The molecule has 1 aromatic heterocycles. The van der Waals surface area contributed by atoms with E-state index in [0.29, 0.717) is 41.5 Å². The van der Waals surface area contributed by atoms with E-state index in [1.54, 1.807) is 18.3 Å². The van der Waals surface area contributed by atoms with Crippen molar-refractivity contribution in [3.8, 4) is 16.9 Å². The molecule has 0 saturated carbocycles. The number of nitrogens with two attached hydrogens (primary N) is 1. The summed E-state index contributed by atoms with van der Waals surface area (Å²) in [5.41, 5.74) is 6.25. The Hall–Kier alpha value is -2.38. The molecule has 5 rings (SSSR count). The number of aliphatic imine (C=N–C) groups is 1. The fraction of sp³-hybridized carbons (Fsp3) is 0.400. The van der Waals surface area contributed by atoms with Crippen molar-refractivity contribution in [2.24, 2.45) is 16.6 Å². The molecule has 8 heteroatoms. The van der Waals surface area contributed by atoms with Crippen LogP contribution in [0.15, 0.2) is 35.6 Å². The van der Waals surface area contributed by atoms with Crippen LogP contribution < -0.4 is 10.5 Å². The SMILES string of the molecule is C[C@@]12CCOC[C@H]1[C@]1(COC(N)=N1)c1cc(-c3cncc(Cl)c3)c(F)cc1O2. The summed E-state index contributed by atoms with van der Waals surface area (Å²) >= 11 is 6.06. The lowest BCUT2D eigenvalue weighted by Gasteiger charge is -2.52. The monoisotopic (exact) mass is 403 g/mol. The first-order chi connectivity index (χ1) is 13.4. The maximum atomic E-state index is 15.0. The van der Waals surface area contributed by atoms with Crippen LogP contribution in [0.25, 0.3) is 11.1 Å². The van der Waals surface area contributed by atoms with Crippen molar-refractivity contribution in [1.29, 1.82) is 0 Å². The number of benzene rings is 1. The van der Waals surface area contributed by atoms with Gasteiger partial charge in [-0.15, -0.1) is 0 Å². The van der Waals surface area contributed by atoms with E-state index in [1.807, 2.05) is 6.92 Å². The maximum absolute atomic E-state index is 15.0. The standard InChI is InChI=1S/C20H19ClFN3O3/c1-19-2-3-26-9-17(19)20(10-27-18(23)25-20)14-5-13(15(22)6-16(14)28-19)11-4-12(21)8-24-7-11/h4-8,17H,2-3,9-10H2,1H3,(H2,23,25)/t17-,19-,20+/m1/s1. The minimum Gasteiger partial charge on any atom is -0.486 e. The third kappa shape index (κ3) is 2.49. The van der Waals surface area contributed by atoms with Gasteiger partial charge in [-0.2, -0.15) is 0 Å². The molecule has 0 radical (unpaired) electrons. The number of hydrogen-bond donors (Lipinski definition) is 1. The summed E-state index contributed by atoms with van der Waals surface area (Å²) in [5.74, 6) is -0.0695. The van der Waals surface area contributed by atoms with Crippen molar-refractivity contribution in [3.05, 3.63) is 47.0 Å². The maximum Gasteiger partial charge on any atom is 0.283 e. The van der Waals surface area contributed by atoms with E-state index in [0.717, 1.165) is 5.56 Å². The highest BCUT2D eigenvalue weighted by molar-refractivity contribution is 6.30. The minimum absolute atomic E-state index is 0.113. The average molecular weight is 404 g/mol. The van der Waals surface area contributed by atoms with Gasteiger partial charge < -0.3 is 19.9 Å². The molecule has 28 heavy (non-hydrogen) atoms. The Balaban J connectivity index is 1.74. The summed E-state index contributed by atoms with van der Waals surface area (Å²) in [6.07, 6.45) is 3.76. The summed E-state index contributed by atoms with van der Waals surface area (Å²) < 4.78 is 32.7. The molecule has 0 unspecified atom stereocenters. The molecule has 1 spiro atoms. The van der Waals surface area contributed by atoms with E-state index >= 15 is 4.39 Å². The number of nitrogens with zero attached hydrogens (tertiary/aromatic N) is 2. The first-order valence-corrected chi connectivity index (χ1v) is 9.49. The number of fused-ring (bicyclic) bond motifs is 4. The molecule has 0 aliphatic carbocycles. The van der Waals surface area contributed by atoms with Crippen LogP contribution in [0, 0.1) is 11.7 Å². The molecule has 0 amide bonds. The van der Waals surface area contributed by atoms with Crippen molar-refractivity contribution < 1.29 is 18.6 Å². The Bertz CT molecular complexity index is 1000. The Kier molecular flexibility index (Phi) is 3.83. The van der Waals surface area contributed by atoms with Crippen LogP contribution >= 0.6 is 11.6 Å². The largest absolute Gasteiger partial charge is 0.486 e. The molecule has 1 saturated heterocycles. The van der Waals surface area contributed by atoms with Crippen molar-refractivity contribution in [2.45, 2.75) is 24.5 Å². The van der Waals surface area contributed by atoms with Crippen LogP contribution in [0.3, 0.4) is 0 Å². The van der Waals surface area contributed by atoms with E-state index < -0.39 is 17.0 Å². The van der Waals surface area contributed by atoms with Gasteiger partial charge >= 0.3 is 0 Å². The van der Waals surface area contributed by atoms with Crippen LogP contribution in [-0.4, -0.2) is 36.4 Å². The van der Waals surface area contributed by atoms with Gasteiger partial charge in [-0.05, 0) is 19.1 Å². The Morgan fingerprint density at radius 2 is 2.14 bits per heavy atom. The second-order valence-electron chi connectivity index (χ2n) is 7.68. The number of aromatic nitrogens is 1. The van der Waals surface area contributed by atoms with Crippen molar-refractivity contribution in [3.63, 3.8) is 0 Å². The molecule has 6 nitrogen and oxygen atoms in total. The number of halogens is 2. The lowest BCUT2D eigenvalue weighted by molar-refractivity contribution is -0.129. The van der Waals surface area contributed by atoms with Crippen LogP contribution in [0.1, 0.15) is 18.9 Å². The van der Waals surface area contributed by atoms with E-state index in [-0.39, 0.29) is 18.5 Å². The fourth-order valence-corrected chi connectivity index (χ4v) is 4.72. The van der Waals surface area contributed by atoms with Gasteiger partial charge in [0.15, 0.2) is 0 Å². The van der Waals surface area contributed by atoms with Crippen molar-refractivity contribution in [1.82, 2.24) is 4.98 Å². The zero-order valence-electron chi connectivity index (χ0n) is 15.2. The molecule has 4 heterocycles. The van der Waals surface area contributed by atoms with Crippen LogP contribution in [0.2, 0.25) is 5.02 Å². The third-order valence-corrected chi connectivity index (χ3v) is 6.19. The van der Waals surface area contributed by atoms with E-state index in [1.165, 1.54) is 12.3 Å². The van der Waals surface area contributed by atoms with Crippen LogP contribution in [-0.2, 0) is 15.0 Å². The highest BCUT2D eigenvalue weighted by Gasteiger charge is 2.60. The molecule has 0 bridgehead atoms. The molecule has 1 aromatic carbocycles. The highest BCUT2D eigenvalue weighted by atomic mass is 35.5. The van der Waals surface area contributed by atoms with E-state index in [4.69, 9.17) is 31.5 Å². The summed E-state index contributed by atoms with van der Waals surface area (Å²) in [7, 11) is 0. The first kappa shape index (κ1) is 17.7. The topological polar surface area (TPSA) is 79.0 Å². The zero-order chi connectivity index (χ0) is 19.5. The molecule has 2 N–H and O–H groups in total. The van der Waals surface area contributed by atoms with Crippen molar-refractivity contribution >= 4 is 17.6 Å². The van der Waals surface area contributed by atoms with Gasteiger partial charge in [-0.25, -0.2) is 9.38 Å². The second kappa shape index (κ2) is 6.06. The molecule has 1 fully saturated rings. The number of pyridine rings is 1. The van der Waals surface area contributed by atoms with E-state index in [2.05, 4.69) is 9.98 Å². The Morgan fingerprint density at radius 1 is 1.29 bits per heavy atom. The lowest BCUT2D eigenvalue weighted by atomic mass is 9.66. The van der Waals surface area contributed by atoms with Crippen molar-refractivity contribution in [2.75, 3.05) is 19.8 Å². The summed E-state index contributed by atoms with van der Waals surface area (Å²) in [6.45, 7) is 3.31. The summed E-state index contributed by atoms with van der Waals surface area (Å²) in [6, 6.07) is 4.95. The molecular weight excluding hydrogens is 385 g/mol. The molecule has 2 aromatic rings.